The van der Waals surface area contributed by atoms with E-state index in [0.29, 0.717) is 23.7 Å². The molecule has 0 spiro atoms. The van der Waals surface area contributed by atoms with Gasteiger partial charge in [-0.1, -0.05) is 30.3 Å². The summed E-state index contributed by atoms with van der Waals surface area (Å²) in [6, 6.07) is 12.7. The number of carbonyl (C=O) groups excluding carboxylic acids is 1. The Morgan fingerprint density at radius 2 is 1.93 bits per heavy atom. The lowest BCUT2D eigenvalue weighted by atomic mass is 9.89. The van der Waals surface area contributed by atoms with E-state index in [4.69, 9.17) is 0 Å². The molecule has 3 aromatic rings. The Bertz CT molecular complexity index is 958. The summed E-state index contributed by atoms with van der Waals surface area (Å²) in [5.41, 5.74) is 4.47. The Kier molecular flexibility index (Phi) is 5.39. The van der Waals surface area contributed by atoms with Crippen LogP contribution in [0.25, 0.3) is 5.65 Å². The molecule has 1 N–H and O–H groups in total. The third-order valence-electron chi connectivity index (χ3n) is 5.59. The number of benzene rings is 1. The van der Waals surface area contributed by atoms with E-state index in [1.807, 2.05) is 19.9 Å². The number of nitrogens with one attached hydrogen (secondary N) is 1. The molecule has 1 fully saturated rings. The first-order chi connectivity index (χ1) is 13.6. The minimum Gasteiger partial charge on any atom is -0.351 e. The molecule has 0 saturated carbocycles. The van der Waals surface area contributed by atoms with Crippen LogP contribution < -0.4 is 5.32 Å². The Morgan fingerprint density at radius 1 is 1.18 bits per heavy atom. The number of fused-ring (bicyclic) bond motifs is 1. The summed E-state index contributed by atoms with van der Waals surface area (Å²) in [5.74, 6) is 0.551. The van der Waals surface area contributed by atoms with Gasteiger partial charge in [-0.3, -0.25) is 4.79 Å². The van der Waals surface area contributed by atoms with E-state index in [0.717, 1.165) is 31.0 Å². The molecular formula is C22H27N5O. The number of aryl methyl sites for hydroxylation is 2. The van der Waals surface area contributed by atoms with Crippen molar-refractivity contribution in [1.29, 1.82) is 0 Å². The minimum atomic E-state index is -0.105. The summed E-state index contributed by atoms with van der Waals surface area (Å²) in [7, 11) is 0. The molecule has 146 valence electrons. The van der Waals surface area contributed by atoms with Crippen LogP contribution in [0.4, 0.5) is 0 Å². The second-order valence-corrected chi connectivity index (χ2v) is 7.62. The number of likely N-dealkylation sites (tertiary alicyclic amines) is 1. The third-order valence-corrected chi connectivity index (χ3v) is 5.59. The second-order valence-electron chi connectivity index (χ2n) is 7.62. The second kappa shape index (κ2) is 8.10. The topological polar surface area (TPSA) is 62.5 Å². The molecule has 0 radical (unpaired) electrons. The zero-order valence-corrected chi connectivity index (χ0v) is 16.6. The van der Waals surface area contributed by atoms with Gasteiger partial charge in [-0.05, 0) is 57.3 Å². The number of carbonyl (C=O) groups is 1. The molecule has 1 aliphatic heterocycles. The van der Waals surface area contributed by atoms with Gasteiger partial charge >= 0.3 is 0 Å². The van der Waals surface area contributed by atoms with Crippen LogP contribution in [-0.4, -0.2) is 51.6 Å². The summed E-state index contributed by atoms with van der Waals surface area (Å²) in [6.45, 7) is 7.56. The van der Waals surface area contributed by atoms with Crippen LogP contribution in [0.2, 0.25) is 0 Å². The van der Waals surface area contributed by atoms with E-state index in [1.165, 1.54) is 18.4 Å². The fourth-order valence-electron chi connectivity index (χ4n) is 4.07. The zero-order chi connectivity index (χ0) is 19.5. The van der Waals surface area contributed by atoms with E-state index >= 15 is 0 Å². The van der Waals surface area contributed by atoms with E-state index in [2.05, 4.69) is 50.6 Å². The molecular weight excluding hydrogens is 350 g/mol. The number of hydrogen-bond acceptors (Lipinski definition) is 4. The van der Waals surface area contributed by atoms with Crippen LogP contribution in [0.15, 0.2) is 42.6 Å². The maximum atomic E-state index is 12.6. The number of rotatable bonds is 5. The highest BCUT2D eigenvalue weighted by molar-refractivity contribution is 5.99. The van der Waals surface area contributed by atoms with Crippen molar-refractivity contribution in [3.63, 3.8) is 0 Å². The largest absolute Gasteiger partial charge is 0.351 e. The van der Waals surface area contributed by atoms with Crippen LogP contribution in [0.1, 0.15) is 46.1 Å². The van der Waals surface area contributed by atoms with Gasteiger partial charge in [-0.25, -0.2) is 9.50 Å². The molecule has 0 bridgehead atoms. The van der Waals surface area contributed by atoms with Crippen LogP contribution in [0, 0.1) is 13.8 Å². The molecule has 3 heterocycles. The highest BCUT2D eigenvalue weighted by Crippen LogP contribution is 2.27. The van der Waals surface area contributed by atoms with Gasteiger partial charge in [-0.15, -0.1) is 0 Å². The van der Waals surface area contributed by atoms with Crippen molar-refractivity contribution < 1.29 is 4.79 Å². The lowest BCUT2D eigenvalue weighted by Crippen LogP contribution is -2.39. The van der Waals surface area contributed by atoms with Crippen molar-refractivity contribution in [3.8, 4) is 0 Å². The van der Waals surface area contributed by atoms with Gasteiger partial charge in [-0.2, -0.15) is 5.10 Å². The Balaban J connectivity index is 1.29. The average Bonchev–Trinajstić information content (AvgIpc) is 3.13. The molecule has 0 unspecified atom stereocenters. The van der Waals surface area contributed by atoms with Crippen molar-refractivity contribution >= 4 is 11.6 Å². The predicted octanol–water partition coefficient (Wildman–Crippen LogP) is 2.96. The lowest BCUT2D eigenvalue weighted by molar-refractivity contribution is 0.0947. The number of amides is 1. The van der Waals surface area contributed by atoms with Gasteiger partial charge in [0.05, 0.1) is 6.20 Å². The first-order valence-electron chi connectivity index (χ1n) is 9.99. The minimum absolute atomic E-state index is 0.105. The first-order valence-corrected chi connectivity index (χ1v) is 9.99. The fraction of sp³-hybridized carbons (Fsp3) is 0.409. The highest BCUT2D eigenvalue weighted by atomic mass is 16.1. The Labute approximate surface area is 165 Å². The van der Waals surface area contributed by atoms with Crippen molar-refractivity contribution in [2.24, 2.45) is 0 Å². The molecule has 6 heteroatoms. The normalized spacial score (nSPS) is 15.8. The third kappa shape index (κ3) is 3.92. The number of piperidine rings is 1. The lowest BCUT2D eigenvalue weighted by Gasteiger charge is -2.32. The summed E-state index contributed by atoms with van der Waals surface area (Å²) < 4.78 is 1.72. The first kappa shape index (κ1) is 18.6. The number of aromatic nitrogens is 3. The maximum Gasteiger partial charge on any atom is 0.256 e. The SMILES string of the molecule is Cc1cc(C)n2ncc(C(=O)NCCN3CCC(c4ccccc4)CC3)c2n1. The smallest absolute Gasteiger partial charge is 0.256 e. The predicted molar refractivity (Wildman–Crippen MR) is 110 cm³/mol. The zero-order valence-electron chi connectivity index (χ0n) is 16.6. The van der Waals surface area contributed by atoms with E-state index in [9.17, 15) is 4.79 Å². The molecule has 4 rings (SSSR count). The summed E-state index contributed by atoms with van der Waals surface area (Å²) in [4.78, 5) is 19.5. The molecule has 1 amide bonds. The summed E-state index contributed by atoms with van der Waals surface area (Å²) >= 11 is 0. The van der Waals surface area contributed by atoms with Gasteiger partial charge in [0.25, 0.3) is 5.91 Å². The monoisotopic (exact) mass is 377 g/mol. The molecule has 1 aromatic carbocycles. The van der Waals surface area contributed by atoms with E-state index in [-0.39, 0.29) is 5.91 Å². The van der Waals surface area contributed by atoms with E-state index < -0.39 is 0 Å². The highest BCUT2D eigenvalue weighted by Gasteiger charge is 2.20. The Hall–Kier alpha value is -2.73. The van der Waals surface area contributed by atoms with Crippen molar-refractivity contribution in [2.45, 2.75) is 32.6 Å². The maximum absolute atomic E-state index is 12.6. The summed E-state index contributed by atoms with van der Waals surface area (Å²) in [6.07, 6.45) is 3.96. The molecule has 0 aliphatic carbocycles. The quantitative estimate of drug-likeness (QED) is 0.743. The number of nitrogens with zero attached hydrogens (tertiary/aromatic N) is 4. The van der Waals surface area contributed by atoms with Crippen molar-refractivity contribution in [1.82, 2.24) is 24.8 Å². The molecule has 1 saturated heterocycles. The fourth-order valence-corrected chi connectivity index (χ4v) is 4.07. The van der Waals surface area contributed by atoms with Gasteiger partial charge in [0, 0.05) is 24.5 Å². The van der Waals surface area contributed by atoms with Crippen molar-refractivity contribution in [3.05, 3.63) is 65.1 Å². The Morgan fingerprint density at radius 3 is 2.68 bits per heavy atom. The van der Waals surface area contributed by atoms with Gasteiger partial charge < -0.3 is 10.2 Å². The average molecular weight is 377 g/mol. The summed E-state index contributed by atoms with van der Waals surface area (Å²) in [5, 5.41) is 7.33. The molecule has 28 heavy (non-hydrogen) atoms. The van der Waals surface area contributed by atoms with E-state index in [1.54, 1.807) is 10.7 Å². The molecule has 6 nitrogen and oxygen atoms in total. The van der Waals surface area contributed by atoms with Crippen molar-refractivity contribution in [2.75, 3.05) is 26.2 Å². The van der Waals surface area contributed by atoms with Gasteiger partial charge in [0.2, 0.25) is 0 Å². The van der Waals surface area contributed by atoms with Gasteiger partial charge in [0.1, 0.15) is 5.56 Å². The van der Waals surface area contributed by atoms with Crippen LogP contribution in [-0.2, 0) is 0 Å². The van der Waals surface area contributed by atoms with Crippen LogP contribution >= 0.6 is 0 Å². The molecule has 1 aliphatic rings. The van der Waals surface area contributed by atoms with Gasteiger partial charge in [0.15, 0.2) is 5.65 Å². The molecule has 2 aromatic heterocycles. The number of hydrogen-bond donors (Lipinski definition) is 1. The standard InChI is InChI=1S/C22H27N5O/c1-16-14-17(2)27-21(25-16)20(15-24-27)22(28)23-10-13-26-11-8-19(9-12-26)18-6-4-3-5-7-18/h3-7,14-15,19H,8-13H2,1-2H3,(H,23,28). The van der Waals surface area contributed by atoms with Crippen LogP contribution in [0.3, 0.4) is 0 Å². The molecule has 0 atom stereocenters. The van der Waals surface area contributed by atoms with Crippen LogP contribution in [0.5, 0.6) is 0 Å².